The van der Waals surface area contributed by atoms with E-state index in [4.69, 9.17) is 0 Å². The Morgan fingerprint density at radius 3 is 2.39 bits per heavy atom. The smallest absolute Gasteiger partial charge is 0.307 e. The number of carboxylic acid groups (broad SMARTS) is 1. The number of benzene rings is 2. The molecule has 2 saturated heterocycles. The molecule has 4 rings (SSSR count). The minimum absolute atomic E-state index is 0.00162. The molecule has 2 aliphatic rings. The van der Waals surface area contributed by atoms with Crippen molar-refractivity contribution in [3.05, 3.63) is 70.8 Å². The lowest BCUT2D eigenvalue weighted by Gasteiger charge is -2.33. The Morgan fingerprint density at radius 1 is 1.05 bits per heavy atom. The van der Waals surface area contributed by atoms with Crippen molar-refractivity contribution in [3.8, 4) is 0 Å². The molecular weight excluding hydrogens is 522 g/mol. The monoisotopic (exact) mass is 568 g/mol. The SMILES string of the molecule is Cc1ccccc1C[C@@H](C(=O)O)C(C)C1CC[C@H](C)N(C(=O)[C@@H]2CN(C(C)(C)C)C[C@H]2c2ccc(F)cc2F)CC1. The number of aryl methyl sites for hydroxylation is 1. The zero-order chi connectivity index (χ0) is 30.1. The van der Waals surface area contributed by atoms with Crippen LogP contribution in [0.4, 0.5) is 8.78 Å². The molecular formula is C34H46F2N2O3. The Kier molecular flexibility index (Phi) is 9.57. The fourth-order valence-electron chi connectivity index (χ4n) is 6.97. The van der Waals surface area contributed by atoms with E-state index in [1.807, 2.05) is 36.1 Å². The molecule has 0 spiro atoms. The molecule has 6 atom stereocenters. The van der Waals surface area contributed by atoms with Crippen molar-refractivity contribution in [2.45, 2.75) is 84.7 Å². The summed E-state index contributed by atoms with van der Waals surface area (Å²) in [5.74, 6) is -3.14. The maximum Gasteiger partial charge on any atom is 0.307 e. The van der Waals surface area contributed by atoms with Gasteiger partial charge in [-0.2, -0.15) is 0 Å². The van der Waals surface area contributed by atoms with Crippen molar-refractivity contribution in [2.75, 3.05) is 19.6 Å². The van der Waals surface area contributed by atoms with Crippen LogP contribution in [0.25, 0.3) is 0 Å². The third-order valence-electron chi connectivity index (χ3n) is 9.86. The largest absolute Gasteiger partial charge is 0.481 e. The summed E-state index contributed by atoms with van der Waals surface area (Å²) in [5.41, 5.74) is 2.36. The molecule has 2 heterocycles. The minimum Gasteiger partial charge on any atom is -0.481 e. The maximum absolute atomic E-state index is 15.0. The molecule has 2 aliphatic heterocycles. The van der Waals surface area contributed by atoms with Gasteiger partial charge in [-0.05, 0) is 94.9 Å². The molecule has 0 radical (unpaired) electrons. The number of hydrogen-bond donors (Lipinski definition) is 1. The highest BCUT2D eigenvalue weighted by Crippen LogP contribution is 2.40. The van der Waals surface area contributed by atoms with Crippen molar-refractivity contribution >= 4 is 11.9 Å². The van der Waals surface area contributed by atoms with Crippen LogP contribution in [-0.4, -0.2) is 58.0 Å². The molecule has 7 heteroatoms. The number of rotatable bonds is 7. The molecule has 0 bridgehead atoms. The molecule has 1 N–H and O–H groups in total. The van der Waals surface area contributed by atoms with E-state index in [9.17, 15) is 23.5 Å². The van der Waals surface area contributed by atoms with Crippen molar-refractivity contribution in [3.63, 3.8) is 0 Å². The van der Waals surface area contributed by atoms with Crippen molar-refractivity contribution in [2.24, 2.45) is 23.7 Å². The number of likely N-dealkylation sites (tertiary alicyclic amines) is 2. The quantitative estimate of drug-likeness (QED) is 0.405. The maximum atomic E-state index is 15.0. The van der Waals surface area contributed by atoms with E-state index in [1.165, 1.54) is 12.1 Å². The summed E-state index contributed by atoms with van der Waals surface area (Å²) in [6.45, 7) is 14.0. The van der Waals surface area contributed by atoms with Gasteiger partial charge in [0.05, 0.1) is 11.8 Å². The van der Waals surface area contributed by atoms with Crippen LogP contribution in [-0.2, 0) is 16.0 Å². The predicted octanol–water partition coefficient (Wildman–Crippen LogP) is 6.68. The van der Waals surface area contributed by atoms with E-state index in [2.05, 4.69) is 39.5 Å². The lowest BCUT2D eigenvalue weighted by Crippen LogP contribution is -2.45. The second kappa shape index (κ2) is 12.6. The van der Waals surface area contributed by atoms with Gasteiger partial charge in [0.2, 0.25) is 5.91 Å². The van der Waals surface area contributed by atoms with Gasteiger partial charge in [0.25, 0.3) is 0 Å². The van der Waals surface area contributed by atoms with Crippen LogP contribution in [0.5, 0.6) is 0 Å². The number of hydrogen-bond acceptors (Lipinski definition) is 3. The van der Waals surface area contributed by atoms with Gasteiger partial charge in [-0.25, -0.2) is 8.78 Å². The number of nitrogens with zero attached hydrogens (tertiary/aromatic N) is 2. The number of carboxylic acids is 1. The summed E-state index contributed by atoms with van der Waals surface area (Å²) in [6.07, 6.45) is 2.88. The Morgan fingerprint density at radius 2 is 1.76 bits per heavy atom. The highest BCUT2D eigenvalue weighted by Gasteiger charge is 2.45. The van der Waals surface area contributed by atoms with Gasteiger partial charge in [0.1, 0.15) is 11.6 Å². The fraction of sp³-hybridized carbons (Fsp3) is 0.588. The van der Waals surface area contributed by atoms with E-state index < -0.39 is 29.4 Å². The highest BCUT2D eigenvalue weighted by atomic mass is 19.1. The second-order valence-electron chi connectivity index (χ2n) is 13.4. The molecule has 41 heavy (non-hydrogen) atoms. The number of carbonyl (C=O) groups excluding carboxylic acids is 1. The van der Waals surface area contributed by atoms with Crippen molar-refractivity contribution < 1.29 is 23.5 Å². The van der Waals surface area contributed by atoms with Crippen LogP contribution >= 0.6 is 0 Å². The van der Waals surface area contributed by atoms with E-state index in [0.717, 1.165) is 36.5 Å². The number of amides is 1. The standard InChI is InChI=1S/C34H46F2N2O3/c1-21-9-7-8-10-25(21)17-28(33(40)41)23(3)24-12-11-22(2)38(16-15-24)32(39)30-20-37(34(4,5)6)19-29(30)27-14-13-26(35)18-31(27)36/h7-10,13-14,18,22-24,28-30H,11-12,15-17,19-20H2,1-6H3,(H,40,41)/t22-,23?,24?,28+,29-,30+/m0/s1. The fourth-order valence-corrected chi connectivity index (χ4v) is 6.97. The van der Waals surface area contributed by atoms with Crippen molar-refractivity contribution in [1.29, 1.82) is 0 Å². The van der Waals surface area contributed by atoms with E-state index in [1.54, 1.807) is 0 Å². The molecule has 224 valence electrons. The van der Waals surface area contributed by atoms with Gasteiger partial charge in [0, 0.05) is 43.2 Å². The van der Waals surface area contributed by atoms with Gasteiger partial charge in [0.15, 0.2) is 0 Å². The van der Waals surface area contributed by atoms with E-state index in [0.29, 0.717) is 31.6 Å². The molecule has 5 nitrogen and oxygen atoms in total. The first-order valence-corrected chi connectivity index (χ1v) is 15.1. The van der Waals surface area contributed by atoms with Crippen LogP contribution in [0.2, 0.25) is 0 Å². The molecule has 0 saturated carbocycles. The molecule has 1 amide bonds. The minimum atomic E-state index is -0.775. The number of aliphatic carboxylic acids is 1. The van der Waals surface area contributed by atoms with Crippen LogP contribution in [0.1, 0.15) is 76.5 Å². The van der Waals surface area contributed by atoms with E-state index >= 15 is 0 Å². The zero-order valence-electron chi connectivity index (χ0n) is 25.4. The van der Waals surface area contributed by atoms with Gasteiger partial charge < -0.3 is 10.0 Å². The number of halogens is 2. The topological polar surface area (TPSA) is 60.9 Å². The first kappa shape index (κ1) is 31.1. The van der Waals surface area contributed by atoms with Gasteiger partial charge >= 0.3 is 5.97 Å². The normalized spacial score (nSPS) is 25.5. The lowest BCUT2D eigenvalue weighted by molar-refractivity contribution is -0.144. The summed E-state index contributed by atoms with van der Waals surface area (Å²) < 4.78 is 28.7. The van der Waals surface area contributed by atoms with Gasteiger partial charge in [-0.3, -0.25) is 14.5 Å². The van der Waals surface area contributed by atoms with Crippen LogP contribution in [0, 0.1) is 42.2 Å². The molecule has 2 unspecified atom stereocenters. The van der Waals surface area contributed by atoms with Gasteiger partial charge in [-0.1, -0.05) is 37.3 Å². The Balaban J connectivity index is 1.52. The number of carbonyl (C=O) groups is 2. The summed E-state index contributed by atoms with van der Waals surface area (Å²) in [7, 11) is 0. The molecule has 2 aromatic carbocycles. The summed E-state index contributed by atoms with van der Waals surface area (Å²) >= 11 is 0. The third kappa shape index (κ3) is 6.99. The average molecular weight is 569 g/mol. The molecule has 2 aromatic rings. The Labute approximate surface area is 243 Å². The van der Waals surface area contributed by atoms with Crippen LogP contribution in [0.15, 0.2) is 42.5 Å². The van der Waals surface area contributed by atoms with Crippen molar-refractivity contribution in [1.82, 2.24) is 9.80 Å². The summed E-state index contributed by atoms with van der Waals surface area (Å²) in [4.78, 5) is 30.8. The molecule has 0 aliphatic carbocycles. The van der Waals surface area contributed by atoms with Crippen LogP contribution < -0.4 is 0 Å². The predicted molar refractivity (Wildman–Crippen MR) is 158 cm³/mol. The Hall–Kier alpha value is -2.80. The third-order valence-corrected chi connectivity index (χ3v) is 9.86. The average Bonchev–Trinajstić information content (AvgIpc) is 3.26. The summed E-state index contributed by atoms with van der Waals surface area (Å²) in [5, 5.41) is 10.2. The van der Waals surface area contributed by atoms with Gasteiger partial charge in [-0.15, -0.1) is 0 Å². The first-order valence-electron chi connectivity index (χ1n) is 15.1. The highest BCUT2D eigenvalue weighted by molar-refractivity contribution is 5.81. The molecule has 2 fully saturated rings. The molecule has 0 aromatic heterocycles. The lowest BCUT2D eigenvalue weighted by atomic mass is 9.76. The first-order chi connectivity index (χ1) is 19.3. The van der Waals surface area contributed by atoms with Crippen LogP contribution in [0.3, 0.4) is 0 Å². The second-order valence-corrected chi connectivity index (χ2v) is 13.4. The Bertz CT molecular complexity index is 1240. The van der Waals surface area contributed by atoms with E-state index in [-0.39, 0.29) is 35.2 Å². The zero-order valence-corrected chi connectivity index (χ0v) is 25.4. The summed E-state index contributed by atoms with van der Waals surface area (Å²) in [6, 6.07) is 11.6.